The minimum atomic E-state index is 0.838. The number of unbranched alkanes of at least 4 members (excludes halogenated alkanes) is 5. The first-order valence-electron chi connectivity index (χ1n) is 13.4. The van der Waals surface area contributed by atoms with Crippen molar-refractivity contribution in [3.05, 3.63) is 35.4 Å². The third kappa shape index (κ3) is 7.45. The van der Waals surface area contributed by atoms with Crippen LogP contribution in [0.4, 0.5) is 0 Å². The number of benzene rings is 1. The first-order valence-corrected chi connectivity index (χ1v) is 13.4. The fraction of sp³-hybridized carbons (Fsp3) is 0.793. The summed E-state index contributed by atoms with van der Waals surface area (Å²) in [6.07, 6.45) is 24.6. The Balaban J connectivity index is 1.38. The van der Waals surface area contributed by atoms with Crippen molar-refractivity contribution < 1.29 is 0 Å². The highest BCUT2D eigenvalue weighted by Crippen LogP contribution is 2.40. The maximum Gasteiger partial charge on any atom is -0.0162 e. The van der Waals surface area contributed by atoms with E-state index in [1.807, 2.05) is 0 Å². The molecule has 0 heterocycles. The summed E-state index contributed by atoms with van der Waals surface area (Å²) in [6, 6.07) is 9.98. The van der Waals surface area contributed by atoms with E-state index in [4.69, 9.17) is 0 Å². The third-order valence-corrected chi connectivity index (χ3v) is 8.25. The third-order valence-electron chi connectivity index (χ3n) is 8.25. The van der Waals surface area contributed by atoms with Gasteiger partial charge in [-0.1, -0.05) is 95.9 Å². The quantitative estimate of drug-likeness (QED) is 0.326. The van der Waals surface area contributed by atoms with Crippen molar-refractivity contribution in [3.63, 3.8) is 0 Å². The van der Waals surface area contributed by atoms with Gasteiger partial charge in [0.2, 0.25) is 0 Å². The van der Waals surface area contributed by atoms with E-state index in [1.54, 1.807) is 11.1 Å². The predicted octanol–water partition coefficient (Wildman–Crippen LogP) is 9.78. The highest BCUT2D eigenvalue weighted by Gasteiger charge is 2.24. The summed E-state index contributed by atoms with van der Waals surface area (Å²) < 4.78 is 0. The molecule has 0 unspecified atom stereocenters. The van der Waals surface area contributed by atoms with Gasteiger partial charge in [0.15, 0.2) is 0 Å². The molecule has 3 rings (SSSR count). The second-order valence-corrected chi connectivity index (χ2v) is 10.4. The molecule has 0 aliphatic heterocycles. The van der Waals surface area contributed by atoms with Crippen LogP contribution in [0.1, 0.15) is 146 Å². The van der Waals surface area contributed by atoms with Crippen LogP contribution >= 0.6 is 0 Å². The highest BCUT2D eigenvalue weighted by atomic mass is 14.3. The molecule has 164 valence electrons. The molecule has 0 N–H and O–H groups in total. The van der Waals surface area contributed by atoms with Gasteiger partial charge in [0.05, 0.1) is 0 Å². The van der Waals surface area contributed by atoms with Crippen LogP contribution in [0.25, 0.3) is 0 Å². The van der Waals surface area contributed by atoms with Crippen LogP contribution in [0.2, 0.25) is 0 Å². The van der Waals surface area contributed by atoms with Crippen molar-refractivity contribution in [2.75, 3.05) is 0 Å². The van der Waals surface area contributed by atoms with Crippen molar-refractivity contribution in [2.45, 2.75) is 135 Å². The molecule has 0 atom stereocenters. The smallest absolute Gasteiger partial charge is 0.0162 e. The van der Waals surface area contributed by atoms with Gasteiger partial charge < -0.3 is 0 Å². The SMILES string of the molecule is CCCCCC[C@H]1CC[C@H](c2ccc([C@H]3CC[C@H](CCCCC)CC3)cc2)CC1. The molecule has 2 fully saturated rings. The van der Waals surface area contributed by atoms with Crippen molar-refractivity contribution in [1.29, 1.82) is 0 Å². The van der Waals surface area contributed by atoms with E-state index in [0.717, 1.165) is 23.7 Å². The Morgan fingerprint density at radius 1 is 0.517 bits per heavy atom. The molecule has 0 aromatic heterocycles. The predicted molar refractivity (Wildman–Crippen MR) is 129 cm³/mol. The van der Waals surface area contributed by atoms with Crippen LogP contribution in [-0.2, 0) is 0 Å². The molecule has 1 aromatic rings. The molecule has 0 amide bonds. The van der Waals surface area contributed by atoms with Gasteiger partial charge in [-0.3, -0.25) is 0 Å². The normalized spacial score (nSPS) is 27.8. The molecule has 1 aromatic carbocycles. The minimum Gasteiger partial charge on any atom is -0.0654 e. The molecule has 0 heteroatoms. The lowest BCUT2D eigenvalue weighted by Crippen LogP contribution is -2.14. The van der Waals surface area contributed by atoms with Gasteiger partial charge in [-0.2, -0.15) is 0 Å². The van der Waals surface area contributed by atoms with E-state index in [9.17, 15) is 0 Å². The van der Waals surface area contributed by atoms with Gasteiger partial charge in [0.25, 0.3) is 0 Å². The zero-order chi connectivity index (χ0) is 20.3. The standard InChI is InChI=1S/C29H48/c1-3-5-7-9-11-25-14-18-27(19-15-25)29-22-20-28(21-23-29)26-16-12-24(13-17-26)10-8-6-4-2/h20-27H,3-19H2,1-2H3/t24-,25-,26-,27-. The highest BCUT2D eigenvalue weighted by molar-refractivity contribution is 5.28. The van der Waals surface area contributed by atoms with Crippen LogP contribution in [0, 0.1) is 11.8 Å². The van der Waals surface area contributed by atoms with Gasteiger partial charge in [0.1, 0.15) is 0 Å². The fourth-order valence-electron chi connectivity index (χ4n) is 6.15. The van der Waals surface area contributed by atoms with Gasteiger partial charge in [-0.15, -0.1) is 0 Å². The molecule has 29 heavy (non-hydrogen) atoms. The Morgan fingerprint density at radius 2 is 0.897 bits per heavy atom. The summed E-state index contributed by atoms with van der Waals surface area (Å²) in [5.41, 5.74) is 3.26. The Bertz CT molecular complexity index is 526. The molecule has 0 nitrogen and oxygen atoms in total. The van der Waals surface area contributed by atoms with Gasteiger partial charge >= 0.3 is 0 Å². The van der Waals surface area contributed by atoms with E-state index >= 15 is 0 Å². The zero-order valence-electron chi connectivity index (χ0n) is 19.6. The molecule has 2 aliphatic rings. The van der Waals surface area contributed by atoms with Crippen molar-refractivity contribution in [1.82, 2.24) is 0 Å². The van der Waals surface area contributed by atoms with Crippen LogP contribution in [0.5, 0.6) is 0 Å². The van der Waals surface area contributed by atoms with E-state index < -0.39 is 0 Å². The largest absolute Gasteiger partial charge is 0.0654 e. The fourth-order valence-corrected chi connectivity index (χ4v) is 6.15. The molecule has 2 saturated carbocycles. The Labute approximate surface area is 182 Å². The summed E-state index contributed by atoms with van der Waals surface area (Å²) in [5, 5.41) is 0. The maximum atomic E-state index is 2.49. The molecular weight excluding hydrogens is 348 g/mol. The zero-order valence-corrected chi connectivity index (χ0v) is 19.6. The molecular formula is C29H48. The molecule has 0 bridgehead atoms. The number of hydrogen-bond acceptors (Lipinski definition) is 0. The van der Waals surface area contributed by atoms with Gasteiger partial charge in [-0.25, -0.2) is 0 Å². The van der Waals surface area contributed by atoms with Gasteiger partial charge in [-0.05, 0) is 86.2 Å². The van der Waals surface area contributed by atoms with E-state index in [2.05, 4.69) is 38.1 Å². The van der Waals surface area contributed by atoms with Crippen LogP contribution in [0.3, 0.4) is 0 Å². The lowest BCUT2D eigenvalue weighted by molar-refractivity contribution is 0.300. The van der Waals surface area contributed by atoms with E-state index in [1.165, 1.54) is 109 Å². The van der Waals surface area contributed by atoms with E-state index in [-0.39, 0.29) is 0 Å². The van der Waals surface area contributed by atoms with E-state index in [0.29, 0.717) is 0 Å². The average molecular weight is 397 g/mol. The molecule has 2 aliphatic carbocycles. The maximum absolute atomic E-state index is 2.49. The second kappa shape index (κ2) is 12.8. The number of rotatable bonds is 11. The lowest BCUT2D eigenvalue weighted by Gasteiger charge is -2.30. The van der Waals surface area contributed by atoms with Gasteiger partial charge in [0, 0.05) is 0 Å². The monoisotopic (exact) mass is 396 g/mol. The second-order valence-electron chi connectivity index (χ2n) is 10.4. The summed E-state index contributed by atoms with van der Waals surface area (Å²) in [6.45, 7) is 4.64. The Morgan fingerprint density at radius 3 is 1.31 bits per heavy atom. The molecule has 0 spiro atoms. The lowest BCUT2D eigenvalue weighted by atomic mass is 9.75. The van der Waals surface area contributed by atoms with Crippen molar-refractivity contribution >= 4 is 0 Å². The van der Waals surface area contributed by atoms with Crippen LogP contribution in [-0.4, -0.2) is 0 Å². The van der Waals surface area contributed by atoms with Crippen molar-refractivity contribution in [3.8, 4) is 0 Å². The average Bonchev–Trinajstić information content (AvgIpc) is 2.78. The van der Waals surface area contributed by atoms with Crippen molar-refractivity contribution in [2.24, 2.45) is 11.8 Å². The first-order chi connectivity index (χ1) is 14.3. The topological polar surface area (TPSA) is 0 Å². The molecule has 0 radical (unpaired) electrons. The first kappa shape index (κ1) is 22.9. The Hall–Kier alpha value is -0.780. The minimum absolute atomic E-state index is 0.838. The van der Waals surface area contributed by atoms with Crippen LogP contribution in [0.15, 0.2) is 24.3 Å². The molecule has 0 saturated heterocycles. The summed E-state index contributed by atoms with van der Waals surface area (Å²) in [4.78, 5) is 0. The summed E-state index contributed by atoms with van der Waals surface area (Å²) in [7, 11) is 0. The summed E-state index contributed by atoms with van der Waals surface area (Å²) >= 11 is 0. The summed E-state index contributed by atoms with van der Waals surface area (Å²) in [5.74, 6) is 3.72. The van der Waals surface area contributed by atoms with Crippen LogP contribution < -0.4 is 0 Å². The Kier molecular flexibility index (Phi) is 10.1. The number of hydrogen-bond donors (Lipinski definition) is 0.